The van der Waals surface area contributed by atoms with Gasteiger partial charge in [0, 0.05) is 19.3 Å². The summed E-state index contributed by atoms with van der Waals surface area (Å²) in [6.07, 6.45) is 2.28. The number of aromatic nitrogens is 2. The Labute approximate surface area is 105 Å². The molecule has 0 fully saturated rings. The van der Waals surface area contributed by atoms with Crippen LogP contribution in [0, 0.1) is 5.92 Å². The fraction of sp³-hybridized carbons (Fsp3) is 0.385. The summed E-state index contributed by atoms with van der Waals surface area (Å²) in [5.74, 6) is -1.08. The van der Waals surface area contributed by atoms with Gasteiger partial charge in [-0.05, 0) is 24.6 Å². The van der Waals surface area contributed by atoms with Crippen LogP contribution in [0.2, 0.25) is 0 Å². The first-order valence-corrected chi connectivity index (χ1v) is 5.99. The van der Waals surface area contributed by atoms with Crippen LogP contribution in [0.4, 0.5) is 5.69 Å². The van der Waals surface area contributed by atoms with Crippen LogP contribution in [0.15, 0.2) is 24.5 Å². The molecule has 1 aromatic carbocycles. The summed E-state index contributed by atoms with van der Waals surface area (Å²) < 4.78 is 0. The number of rotatable bonds is 5. The summed E-state index contributed by atoms with van der Waals surface area (Å²) in [4.78, 5) is 20.2. The van der Waals surface area contributed by atoms with Gasteiger partial charge in [-0.2, -0.15) is 0 Å². The first kappa shape index (κ1) is 12.4. The molecule has 0 aliphatic carbocycles. The van der Waals surface area contributed by atoms with Gasteiger partial charge in [-0.3, -0.25) is 4.79 Å². The lowest BCUT2D eigenvalue weighted by molar-refractivity contribution is -0.141. The van der Waals surface area contributed by atoms with Crippen LogP contribution in [-0.4, -0.2) is 34.6 Å². The summed E-state index contributed by atoms with van der Waals surface area (Å²) in [5.41, 5.74) is 2.87. The number of benzene rings is 1. The minimum atomic E-state index is -0.744. The Balaban J connectivity index is 2.16. The number of imidazole rings is 1. The third kappa shape index (κ3) is 2.45. The smallest absolute Gasteiger partial charge is 0.308 e. The Morgan fingerprint density at radius 2 is 2.33 bits per heavy atom. The van der Waals surface area contributed by atoms with E-state index in [1.807, 2.05) is 37.1 Å². The number of carboxylic acid groups (broad SMARTS) is 1. The van der Waals surface area contributed by atoms with Crippen LogP contribution in [0.1, 0.15) is 13.3 Å². The molecule has 0 saturated carbocycles. The molecule has 96 valence electrons. The highest BCUT2D eigenvalue weighted by atomic mass is 16.4. The van der Waals surface area contributed by atoms with E-state index in [-0.39, 0.29) is 5.92 Å². The largest absolute Gasteiger partial charge is 0.481 e. The lowest BCUT2D eigenvalue weighted by Gasteiger charge is -2.22. The molecule has 2 aromatic rings. The number of hydrogen-bond acceptors (Lipinski definition) is 3. The molecule has 1 atom stereocenters. The Morgan fingerprint density at radius 3 is 3.00 bits per heavy atom. The number of anilines is 1. The van der Waals surface area contributed by atoms with E-state index in [9.17, 15) is 4.79 Å². The van der Waals surface area contributed by atoms with Crippen molar-refractivity contribution in [1.29, 1.82) is 0 Å². The summed E-state index contributed by atoms with van der Waals surface area (Å²) in [6, 6.07) is 5.87. The van der Waals surface area contributed by atoms with Crippen LogP contribution in [0.5, 0.6) is 0 Å². The van der Waals surface area contributed by atoms with Gasteiger partial charge < -0.3 is 15.0 Å². The van der Waals surface area contributed by atoms with Crippen molar-refractivity contribution in [2.75, 3.05) is 18.5 Å². The van der Waals surface area contributed by atoms with Crippen molar-refractivity contribution < 1.29 is 9.90 Å². The number of nitrogens with zero attached hydrogens (tertiary/aromatic N) is 2. The van der Waals surface area contributed by atoms with E-state index in [1.54, 1.807) is 6.33 Å². The molecule has 0 aliphatic rings. The molecule has 18 heavy (non-hydrogen) atoms. The SMILES string of the molecule is CCC(CN(C)c1ccc2nc[nH]c2c1)C(=O)O. The number of H-pyrrole nitrogens is 1. The number of carbonyl (C=O) groups is 1. The van der Waals surface area contributed by atoms with Crippen LogP contribution in [0.25, 0.3) is 11.0 Å². The van der Waals surface area contributed by atoms with E-state index in [0.29, 0.717) is 13.0 Å². The first-order chi connectivity index (χ1) is 8.61. The molecule has 1 aromatic heterocycles. The number of aliphatic carboxylic acids is 1. The zero-order valence-electron chi connectivity index (χ0n) is 10.6. The minimum Gasteiger partial charge on any atom is -0.481 e. The third-order valence-corrected chi connectivity index (χ3v) is 3.18. The fourth-order valence-corrected chi connectivity index (χ4v) is 1.98. The molecule has 2 N–H and O–H groups in total. The molecule has 5 heteroatoms. The van der Waals surface area contributed by atoms with E-state index in [2.05, 4.69) is 9.97 Å². The summed E-state index contributed by atoms with van der Waals surface area (Å²) in [7, 11) is 1.91. The number of fused-ring (bicyclic) bond motifs is 1. The normalized spacial score (nSPS) is 12.6. The Morgan fingerprint density at radius 1 is 1.56 bits per heavy atom. The Bertz CT molecular complexity index is 550. The molecule has 2 rings (SSSR count). The van der Waals surface area contributed by atoms with E-state index in [4.69, 9.17) is 5.11 Å². The van der Waals surface area contributed by atoms with Gasteiger partial charge in [0.05, 0.1) is 23.3 Å². The van der Waals surface area contributed by atoms with Crippen LogP contribution in [-0.2, 0) is 4.79 Å². The lowest BCUT2D eigenvalue weighted by atomic mass is 10.1. The molecular weight excluding hydrogens is 230 g/mol. The minimum absolute atomic E-state index is 0.340. The molecule has 0 saturated heterocycles. The molecule has 0 radical (unpaired) electrons. The number of nitrogens with one attached hydrogen (secondary N) is 1. The highest BCUT2D eigenvalue weighted by Crippen LogP contribution is 2.20. The van der Waals surface area contributed by atoms with E-state index < -0.39 is 5.97 Å². The topological polar surface area (TPSA) is 69.2 Å². The predicted octanol–water partition coefficient (Wildman–Crippen LogP) is 2.11. The van der Waals surface area contributed by atoms with Crippen molar-refractivity contribution >= 4 is 22.7 Å². The maximum absolute atomic E-state index is 11.0. The van der Waals surface area contributed by atoms with Gasteiger partial charge in [-0.15, -0.1) is 0 Å². The molecule has 0 spiro atoms. The van der Waals surface area contributed by atoms with E-state index in [0.717, 1.165) is 16.7 Å². The zero-order valence-corrected chi connectivity index (χ0v) is 10.6. The highest BCUT2D eigenvalue weighted by molar-refractivity contribution is 5.79. The van der Waals surface area contributed by atoms with Gasteiger partial charge in [-0.1, -0.05) is 6.92 Å². The van der Waals surface area contributed by atoms with Gasteiger partial charge in [-0.25, -0.2) is 4.98 Å². The molecule has 5 nitrogen and oxygen atoms in total. The number of hydrogen-bond donors (Lipinski definition) is 2. The average molecular weight is 247 g/mol. The third-order valence-electron chi connectivity index (χ3n) is 3.18. The monoisotopic (exact) mass is 247 g/mol. The maximum atomic E-state index is 11.0. The summed E-state index contributed by atoms with van der Waals surface area (Å²) in [6.45, 7) is 2.40. The standard InChI is InChI=1S/C13H17N3O2/c1-3-9(13(17)18)7-16(2)10-4-5-11-12(6-10)15-8-14-11/h4-6,8-9H,3,7H2,1-2H3,(H,14,15)(H,17,18). The number of carboxylic acids is 1. The second-order valence-corrected chi connectivity index (χ2v) is 4.43. The second-order valence-electron chi connectivity index (χ2n) is 4.43. The van der Waals surface area contributed by atoms with Crippen LogP contribution in [0.3, 0.4) is 0 Å². The number of aromatic amines is 1. The molecular formula is C13H17N3O2. The van der Waals surface area contributed by atoms with Crippen LogP contribution < -0.4 is 4.90 Å². The van der Waals surface area contributed by atoms with Crippen molar-refractivity contribution in [3.63, 3.8) is 0 Å². The summed E-state index contributed by atoms with van der Waals surface area (Å²) >= 11 is 0. The molecule has 0 bridgehead atoms. The van der Waals surface area contributed by atoms with Crippen molar-refractivity contribution in [3.05, 3.63) is 24.5 Å². The Hall–Kier alpha value is -2.04. The summed E-state index contributed by atoms with van der Waals surface area (Å²) in [5, 5.41) is 9.06. The van der Waals surface area contributed by atoms with Gasteiger partial charge in [0.1, 0.15) is 0 Å². The molecule has 0 aliphatic heterocycles. The average Bonchev–Trinajstić information content (AvgIpc) is 2.82. The van der Waals surface area contributed by atoms with Gasteiger partial charge in [0.2, 0.25) is 0 Å². The molecule has 1 unspecified atom stereocenters. The highest BCUT2D eigenvalue weighted by Gasteiger charge is 2.17. The van der Waals surface area contributed by atoms with Gasteiger partial charge >= 0.3 is 5.97 Å². The predicted molar refractivity (Wildman–Crippen MR) is 70.8 cm³/mol. The van der Waals surface area contributed by atoms with Crippen molar-refractivity contribution in [3.8, 4) is 0 Å². The van der Waals surface area contributed by atoms with Crippen molar-refractivity contribution in [2.24, 2.45) is 5.92 Å². The quantitative estimate of drug-likeness (QED) is 0.849. The lowest BCUT2D eigenvalue weighted by Crippen LogP contribution is -2.29. The zero-order chi connectivity index (χ0) is 13.1. The van der Waals surface area contributed by atoms with Gasteiger partial charge in [0.25, 0.3) is 0 Å². The van der Waals surface area contributed by atoms with Gasteiger partial charge in [0.15, 0.2) is 0 Å². The van der Waals surface area contributed by atoms with E-state index in [1.165, 1.54) is 0 Å². The Kier molecular flexibility index (Phi) is 3.50. The van der Waals surface area contributed by atoms with Crippen molar-refractivity contribution in [2.45, 2.75) is 13.3 Å². The molecule has 1 heterocycles. The fourth-order valence-electron chi connectivity index (χ4n) is 1.98. The van der Waals surface area contributed by atoms with E-state index >= 15 is 0 Å². The first-order valence-electron chi connectivity index (χ1n) is 5.99. The molecule has 0 amide bonds. The van der Waals surface area contributed by atoms with Crippen molar-refractivity contribution in [1.82, 2.24) is 9.97 Å². The maximum Gasteiger partial charge on any atom is 0.308 e. The van der Waals surface area contributed by atoms with Crippen LogP contribution >= 0.6 is 0 Å². The second kappa shape index (κ2) is 5.08.